The molecule has 0 saturated heterocycles. The monoisotopic (exact) mass is 344 g/mol. The molecule has 0 fully saturated rings. The van der Waals surface area contributed by atoms with Gasteiger partial charge in [-0.1, -0.05) is 6.92 Å². The summed E-state index contributed by atoms with van der Waals surface area (Å²) in [7, 11) is -6.02. The normalized spacial score (nSPS) is 17.7. The Morgan fingerprint density at radius 2 is 1.91 bits per heavy atom. The van der Waals surface area contributed by atoms with Crippen molar-refractivity contribution < 1.29 is 44.8 Å². The van der Waals surface area contributed by atoms with Crippen LogP contribution < -0.4 is 0 Å². The molecule has 22 heavy (non-hydrogen) atoms. The quantitative estimate of drug-likeness (QED) is 0.323. The lowest BCUT2D eigenvalue weighted by molar-refractivity contribution is -0.137. The van der Waals surface area contributed by atoms with Crippen molar-refractivity contribution in [3.8, 4) is 0 Å². The van der Waals surface area contributed by atoms with Crippen LogP contribution in [0.4, 0.5) is 13.2 Å². The zero-order chi connectivity index (χ0) is 17.1. The standard InChI is InChI=1S/C11H11F3O7S/c1-3-6-7(5-8(15)19-4-2)20-10(16)9(6)21-22(17,18)11(12,13)14/h5H,3-4H2,1-2H3/b7-5-. The molecule has 0 amide bonds. The first-order valence-electron chi connectivity index (χ1n) is 5.88. The Kier molecular flexibility index (Phi) is 5.22. The number of carbonyl (C=O) groups is 2. The molecule has 0 unspecified atom stereocenters. The highest BCUT2D eigenvalue weighted by molar-refractivity contribution is 7.87. The summed E-state index contributed by atoms with van der Waals surface area (Å²) in [6, 6.07) is 0. The second-order valence-corrected chi connectivity index (χ2v) is 5.33. The molecule has 0 aliphatic carbocycles. The van der Waals surface area contributed by atoms with Crippen LogP contribution in [-0.2, 0) is 33.4 Å². The second-order valence-electron chi connectivity index (χ2n) is 3.79. The van der Waals surface area contributed by atoms with E-state index in [1.54, 1.807) is 0 Å². The zero-order valence-corrected chi connectivity index (χ0v) is 12.2. The van der Waals surface area contributed by atoms with Crippen molar-refractivity contribution in [3.63, 3.8) is 0 Å². The maximum Gasteiger partial charge on any atom is 0.534 e. The molecular formula is C11H11F3O7S. The fraction of sp³-hybridized carbons (Fsp3) is 0.455. The molecule has 0 saturated carbocycles. The van der Waals surface area contributed by atoms with Crippen molar-refractivity contribution in [1.82, 2.24) is 0 Å². The molecule has 1 heterocycles. The number of rotatable bonds is 5. The van der Waals surface area contributed by atoms with Crippen molar-refractivity contribution in [3.05, 3.63) is 23.2 Å². The summed E-state index contributed by atoms with van der Waals surface area (Å²) in [4.78, 5) is 22.7. The number of ether oxygens (including phenoxy) is 2. The second kappa shape index (κ2) is 6.38. The summed E-state index contributed by atoms with van der Waals surface area (Å²) in [5.74, 6) is -3.90. The molecule has 0 aromatic rings. The zero-order valence-electron chi connectivity index (χ0n) is 11.4. The fourth-order valence-electron chi connectivity index (χ4n) is 1.43. The first-order chi connectivity index (χ1) is 10.0. The van der Waals surface area contributed by atoms with Gasteiger partial charge in [-0.3, -0.25) is 0 Å². The minimum absolute atomic E-state index is 0.0214. The van der Waals surface area contributed by atoms with E-state index >= 15 is 0 Å². The lowest BCUT2D eigenvalue weighted by Gasteiger charge is -2.08. The Hall–Kier alpha value is -2.04. The molecule has 0 N–H and O–H groups in total. The van der Waals surface area contributed by atoms with Crippen LogP contribution in [0.2, 0.25) is 0 Å². The van der Waals surface area contributed by atoms with E-state index < -0.39 is 39.1 Å². The largest absolute Gasteiger partial charge is 0.534 e. The van der Waals surface area contributed by atoms with Crippen molar-refractivity contribution in [2.24, 2.45) is 0 Å². The Labute approximate surface area is 123 Å². The highest BCUT2D eigenvalue weighted by Gasteiger charge is 2.51. The third kappa shape index (κ3) is 3.78. The molecule has 0 aromatic heterocycles. The summed E-state index contributed by atoms with van der Waals surface area (Å²) in [5.41, 5.74) is -5.99. The van der Waals surface area contributed by atoms with Crippen molar-refractivity contribution >= 4 is 22.1 Å². The number of hydrogen-bond donors (Lipinski definition) is 0. The Balaban J connectivity index is 3.21. The molecule has 7 nitrogen and oxygen atoms in total. The van der Waals surface area contributed by atoms with Crippen LogP contribution in [0.5, 0.6) is 0 Å². The van der Waals surface area contributed by atoms with Crippen LogP contribution in [0, 0.1) is 0 Å². The molecule has 1 aliphatic rings. The number of halogens is 3. The lowest BCUT2D eigenvalue weighted by Crippen LogP contribution is -2.26. The third-order valence-corrected chi connectivity index (χ3v) is 3.28. The summed E-state index contributed by atoms with van der Waals surface area (Å²) in [5, 5.41) is 0. The van der Waals surface area contributed by atoms with Crippen LogP contribution >= 0.6 is 0 Å². The van der Waals surface area contributed by atoms with Gasteiger partial charge in [-0.05, 0) is 13.3 Å². The Morgan fingerprint density at radius 3 is 2.36 bits per heavy atom. The molecule has 0 aromatic carbocycles. The van der Waals surface area contributed by atoms with E-state index in [4.69, 9.17) is 0 Å². The van der Waals surface area contributed by atoms with Crippen molar-refractivity contribution in [1.29, 1.82) is 0 Å². The summed E-state index contributed by atoms with van der Waals surface area (Å²) in [6.45, 7) is 2.94. The summed E-state index contributed by atoms with van der Waals surface area (Å²) >= 11 is 0. The van der Waals surface area contributed by atoms with Crippen LogP contribution in [0.1, 0.15) is 20.3 Å². The van der Waals surface area contributed by atoms with Gasteiger partial charge in [0.1, 0.15) is 5.76 Å². The number of allylic oxidation sites excluding steroid dienone is 1. The van der Waals surface area contributed by atoms with E-state index in [0.29, 0.717) is 0 Å². The molecule has 0 radical (unpaired) electrons. The number of hydrogen-bond acceptors (Lipinski definition) is 7. The van der Waals surface area contributed by atoms with Crippen LogP contribution in [0.15, 0.2) is 23.2 Å². The van der Waals surface area contributed by atoms with E-state index in [-0.39, 0.29) is 18.6 Å². The first-order valence-corrected chi connectivity index (χ1v) is 7.29. The SMILES string of the molecule is CCOC(=O)/C=C1\OC(=O)C(OS(=O)(=O)C(F)(F)F)=C1CC. The molecule has 0 spiro atoms. The average Bonchev–Trinajstić information content (AvgIpc) is 2.63. The van der Waals surface area contributed by atoms with Gasteiger partial charge in [0.25, 0.3) is 0 Å². The number of cyclic esters (lactones) is 1. The van der Waals surface area contributed by atoms with Crippen molar-refractivity contribution in [2.45, 2.75) is 25.8 Å². The predicted octanol–water partition coefficient (Wildman–Crippen LogP) is 1.52. The van der Waals surface area contributed by atoms with Gasteiger partial charge >= 0.3 is 27.6 Å². The van der Waals surface area contributed by atoms with Gasteiger partial charge in [-0.25, -0.2) is 9.59 Å². The van der Waals surface area contributed by atoms with Crippen LogP contribution in [-0.4, -0.2) is 32.5 Å². The Bertz CT molecular complexity index is 643. The van der Waals surface area contributed by atoms with Gasteiger partial charge in [-0.15, -0.1) is 0 Å². The summed E-state index contributed by atoms with van der Waals surface area (Å²) in [6.07, 6.45) is 0.608. The Morgan fingerprint density at radius 1 is 1.32 bits per heavy atom. The molecule has 1 rings (SSSR count). The topological polar surface area (TPSA) is 96.0 Å². The molecule has 1 aliphatic heterocycles. The van der Waals surface area contributed by atoms with Gasteiger partial charge in [0, 0.05) is 5.57 Å². The number of alkyl halides is 3. The van der Waals surface area contributed by atoms with Gasteiger partial charge in [0.15, 0.2) is 0 Å². The smallest absolute Gasteiger partial charge is 0.463 e. The maximum atomic E-state index is 12.3. The van der Waals surface area contributed by atoms with E-state index in [1.165, 1.54) is 13.8 Å². The van der Waals surface area contributed by atoms with Crippen LogP contribution in [0.3, 0.4) is 0 Å². The average molecular weight is 344 g/mol. The molecule has 11 heteroatoms. The highest BCUT2D eigenvalue weighted by Crippen LogP contribution is 2.34. The molecule has 0 atom stereocenters. The molecule has 124 valence electrons. The lowest BCUT2D eigenvalue weighted by atomic mass is 10.1. The predicted molar refractivity (Wildman–Crippen MR) is 64.2 cm³/mol. The van der Waals surface area contributed by atoms with Crippen molar-refractivity contribution in [2.75, 3.05) is 6.61 Å². The third-order valence-electron chi connectivity index (χ3n) is 2.33. The number of esters is 2. The molecule has 0 bridgehead atoms. The van der Waals surface area contributed by atoms with Gasteiger partial charge in [0.2, 0.25) is 5.76 Å². The van der Waals surface area contributed by atoms with Gasteiger partial charge in [-0.2, -0.15) is 21.6 Å². The highest BCUT2D eigenvalue weighted by atomic mass is 32.2. The van der Waals surface area contributed by atoms with E-state index in [0.717, 1.165) is 6.08 Å². The van der Waals surface area contributed by atoms with E-state index in [2.05, 4.69) is 13.7 Å². The fourth-order valence-corrected chi connectivity index (χ4v) is 1.91. The molecular weight excluding hydrogens is 333 g/mol. The first kappa shape index (κ1) is 18.0. The maximum absolute atomic E-state index is 12.3. The van der Waals surface area contributed by atoms with E-state index in [9.17, 15) is 31.2 Å². The minimum atomic E-state index is -6.02. The van der Waals surface area contributed by atoms with Gasteiger partial charge < -0.3 is 13.7 Å². The van der Waals surface area contributed by atoms with Gasteiger partial charge in [0.05, 0.1) is 12.7 Å². The van der Waals surface area contributed by atoms with E-state index in [1.807, 2.05) is 0 Å². The summed E-state index contributed by atoms with van der Waals surface area (Å²) < 4.78 is 71.6. The van der Waals surface area contributed by atoms with Crippen LogP contribution in [0.25, 0.3) is 0 Å². The minimum Gasteiger partial charge on any atom is -0.463 e. The number of carbonyl (C=O) groups excluding carboxylic acids is 2.